The van der Waals surface area contributed by atoms with Gasteiger partial charge in [0.1, 0.15) is 11.4 Å². The third-order valence-corrected chi connectivity index (χ3v) is 5.40. The van der Waals surface area contributed by atoms with Crippen LogP contribution in [0.2, 0.25) is 0 Å². The molecule has 2 atom stereocenters. The van der Waals surface area contributed by atoms with Gasteiger partial charge in [-0.3, -0.25) is 4.90 Å². The van der Waals surface area contributed by atoms with Gasteiger partial charge in [0.05, 0.1) is 13.2 Å². The summed E-state index contributed by atoms with van der Waals surface area (Å²) in [6, 6.07) is 16.7. The Kier molecular flexibility index (Phi) is 4.12. The molecule has 2 unspecified atom stereocenters. The molecule has 0 radical (unpaired) electrons. The van der Waals surface area contributed by atoms with E-state index in [4.69, 9.17) is 4.74 Å². The lowest BCUT2D eigenvalue weighted by atomic mass is 9.68. The van der Waals surface area contributed by atoms with E-state index in [-0.39, 0.29) is 17.7 Å². The first-order valence-corrected chi connectivity index (χ1v) is 8.48. The summed E-state index contributed by atoms with van der Waals surface area (Å²) in [5.41, 5.74) is 1.16. The van der Waals surface area contributed by atoms with E-state index in [2.05, 4.69) is 29.2 Å². The minimum Gasteiger partial charge on any atom is -0.384 e. The Morgan fingerprint density at radius 2 is 1.62 bits per heavy atom. The highest BCUT2D eigenvalue weighted by molar-refractivity contribution is 5.27. The van der Waals surface area contributed by atoms with E-state index in [1.54, 1.807) is 12.1 Å². The van der Waals surface area contributed by atoms with Crippen LogP contribution in [-0.4, -0.2) is 36.3 Å². The average molecular weight is 327 g/mol. The van der Waals surface area contributed by atoms with Crippen LogP contribution in [0, 0.1) is 17.7 Å². The molecule has 0 aromatic heterocycles. The second kappa shape index (κ2) is 6.28. The van der Waals surface area contributed by atoms with Crippen molar-refractivity contribution in [2.45, 2.75) is 12.1 Å². The van der Waals surface area contributed by atoms with Crippen molar-refractivity contribution in [2.24, 2.45) is 11.8 Å². The average Bonchev–Trinajstić information content (AvgIpc) is 2.57. The summed E-state index contributed by atoms with van der Waals surface area (Å²) in [6.45, 7) is 3.51. The minimum absolute atomic E-state index is 0.000765. The first-order valence-electron chi connectivity index (χ1n) is 8.48. The molecule has 0 saturated carbocycles. The lowest BCUT2D eigenvalue weighted by Crippen LogP contribution is -2.61. The molecule has 1 N–H and O–H groups in total. The smallest absolute Gasteiger partial charge is 0.123 e. The van der Waals surface area contributed by atoms with Crippen molar-refractivity contribution in [3.63, 3.8) is 0 Å². The number of benzene rings is 2. The molecule has 2 aliphatic heterocycles. The normalized spacial score (nSPS) is 30.2. The number of piperidine rings is 1. The zero-order valence-electron chi connectivity index (χ0n) is 13.6. The van der Waals surface area contributed by atoms with Crippen LogP contribution in [0.15, 0.2) is 54.6 Å². The molecule has 0 amide bonds. The fourth-order valence-corrected chi connectivity index (χ4v) is 4.18. The Labute approximate surface area is 141 Å². The van der Waals surface area contributed by atoms with Crippen molar-refractivity contribution in [2.75, 3.05) is 26.3 Å². The largest absolute Gasteiger partial charge is 0.384 e. The predicted octanol–water partition coefficient (Wildman–Crippen LogP) is 2.79. The number of ether oxygens (including phenoxy) is 1. The number of hydrogen-bond donors (Lipinski definition) is 1. The Morgan fingerprint density at radius 1 is 1.00 bits per heavy atom. The molecule has 126 valence electrons. The Morgan fingerprint density at radius 3 is 2.25 bits per heavy atom. The van der Waals surface area contributed by atoms with Crippen LogP contribution >= 0.6 is 0 Å². The van der Waals surface area contributed by atoms with Crippen molar-refractivity contribution in [1.29, 1.82) is 0 Å². The van der Waals surface area contributed by atoms with Crippen molar-refractivity contribution in [3.05, 3.63) is 71.5 Å². The topological polar surface area (TPSA) is 32.7 Å². The highest BCUT2D eigenvalue weighted by Gasteiger charge is 2.52. The van der Waals surface area contributed by atoms with Gasteiger partial charge in [-0.2, -0.15) is 0 Å². The van der Waals surface area contributed by atoms with Gasteiger partial charge in [-0.25, -0.2) is 4.39 Å². The first-order chi connectivity index (χ1) is 11.7. The second-order valence-electron chi connectivity index (χ2n) is 6.94. The second-order valence-corrected chi connectivity index (χ2v) is 6.94. The van der Waals surface area contributed by atoms with Crippen molar-refractivity contribution >= 4 is 0 Å². The van der Waals surface area contributed by atoms with E-state index >= 15 is 0 Å². The predicted molar refractivity (Wildman–Crippen MR) is 89.8 cm³/mol. The van der Waals surface area contributed by atoms with Gasteiger partial charge < -0.3 is 9.84 Å². The molecule has 24 heavy (non-hydrogen) atoms. The van der Waals surface area contributed by atoms with Crippen LogP contribution in [0.4, 0.5) is 4.39 Å². The summed E-state index contributed by atoms with van der Waals surface area (Å²) in [5, 5.41) is 11.5. The molecular weight excluding hydrogens is 305 g/mol. The standard InChI is InChI=1S/C20H22FNO2/c21-19-8-6-16(7-9-19)20(23)17-11-22(12-18(20)14-24-13-17)10-15-4-2-1-3-5-15/h1-9,17-18,23H,10-14H2. The van der Waals surface area contributed by atoms with Crippen LogP contribution in [0.1, 0.15) is 11.1 Å². The zero-order chi connectivity index (χ0) is 16.6. The lowest BCUT2D eigenvalue weighted by Gasteiger charge is -2.53. The number of rotatable bonds is 3. The summed E-state index contributed by atoms with van der Waals surface area (Å²) >= 11 is 0. The molecule has 4 rings (SSSR count). The van der Waals surface area contributed by atoms with Crippen molar-refractivity contribution < 1.29 is 14.2 Å². The summed E-state index contributed by atoms with van der Waals surface area (Å²) in [4.78, 5) is 2.39. The van der Waals surface area contributed by atoms with Gasteiger partial charge in [-0.05, 0) is 23.3 Å². The summed E-state index contributed by atoms with van der Waals surface area (Å²) in [7, 11) is 0. The summed E-state index contributed by atoms with van der Waals surface area (Å²) < 4.78 is 19.0. The van der Waals surface area contributed by atoms with Crippen LogP contribution in [0.25, 0.3) is 0 Å². The Hall–Kier alpha value is -1.75. The number of likely N-dealkylation sites (tertiary alicyclic amines) is 1. The molecule has 0 aliphatic carbocycles. The summed E-state index contributed by atoms with van der Waals surface area (Å²) in [6.07, 6.45) is 0. The van der Waals surface area contributed by atoms with Gasteiger partial charge in [0.15, 0.2) is 0 Å². The van der Waals surface area contributed by atoms with Gasteiger partial charge in [-0.1, -0.05) is 42.5 Å². The highest BCUT2D eigenvalue weighted by Crippen LogP contribution is 2.44. The van der Waals surface area contributed by atoms with E-state index in [0.717, 1.165) is 25.2 Å². The molecule has 2 fully saturated rings. The lowest BCUT2D eigenvalue weighted by molar-refractivity contribution is -0.199. The van der Waals surface area contributed by atoms with Gasteiger partial charge in [-0.15, -0.1) is 0 Å². The van der Waals surface area contributed by atoms with E-state index in [9.17, 15) is 9.50 Å². The molecular formula is C20H22FNO2. The van der Waals surface area contributed by atoms with E-state index < -0.39 is 5.60 Å². The molecule has 2 heterocycles. The molecule has 2 aromatic carbocycles. The fourth-order valence-electron chi connectivity index (χ4n) is 4.18. The SMILES string of the molecule is OC1(c2ccc(F)cc2)C2COCC1CN(Cc1ccccc1)C2. The number of aliphatic hydroxyl groups is 1. The molecule has 2 bridgehead atoms. The van der Waals surface area contributed by atoms with Gasteiger partial charge in [0.25, 0.3) is 0 Å². The monoisotopic (exact) mass is 327 g/mol. The number of nitrogens with zero attached hydrogens (tertiary/aromatic N) is 1. The maximum absolute atomic E-state index is 13.3. The van der Waals surface area contributed by atoms with Crippen molar-refractivity contribution in [3.8, 4) is 0 Å². The summed E-state index contributed by atoms with van der Waals surface area (Å²) in [5.74, 6) is -0.274. The van der Waals surface area contributed by atoms with Crippen LogP contribution in [0.5, 0.6) is 0 Å². The highest BCUT2D eigenvalue weighted by atomic mass is 19.1. The molecule has 2 saturated heterocycles. The van der Waals surface area contributed by atoms with Crippen LogP contribution in [0.3, 0.4) is 0 Å². The van der Waals surface area contributed by atoms with Crippen LogP contribution < -0.4 is 0 Å². The molecule has 3 nitrogen and oxygen atoms in total. The number of halogens is 1. The maximum Gasteiger partial charge on any atom is 0.123 e. The van der Waals surface area contributed by atoms with Crippen LogP contribution in [-0.2, 0) is 16.9 Å². The Balaban J connectivity index is 1.58. The Bertz CT molecular complexity index is 675. The third-order valence-electron chi connectivity index (χ3n) is 5.40. The quantitative estimate of drug-likeness (QED) is 0.941. The number of hydrogen-bond acceptors (Lipinski definition) is 3. The molecule has 4 heteroatoms. The van der Waals surface area contributed by atoms with E-state index in [1.165, 1.54) is 17.7 Å². The first kappa shape index (κ1) is 15.8. The van der Waals surface area contributed by atoms with Gasteiger partial charge >= 0.3 is 0 Å². The van der Waals surface area contributed by atoms with Crippen molar-refractivity contribution in [1.82, 2.24) is 4.90 Å². The molecule has 2 aromatic rings. The fraction of sp³-hybridized carbons (Fsp3) is 0.400. The van der Waals surface area contributed by atoms with Gasteiger partial charge in [0.2, 0.25) is 0 Å². The van der Waals surface area contributed by atoms with E-state index in [1.807, 2.05) is 6.07 Å². The zero-order valence-corrected chi connectivity index (χ0v) is 13.6. The number of fused-ring (bicyclic) bond motifs is 2. The molecule has 0 spiro atoms. The molecule has 2 aliphatic rings. The van der Waals surface area contributed by atoms with E-state index in [0.29, 0.717) is 13.2 Å². The maximum atomic E-state index is 13.3. The third kappa shape index (κ3) is 2.75. The van der Waals surface area contributed by atoms with Gasteiger partial charge in [0, 0.05) is 31.5 Å². The minimum atomic E-state index is -0.931.